The Balaban J connectivity index is 1.35. The van der Waals surface area contributed by atoms with E-state index in [1.54, 1.807) is 28.9 Å². The van der Waals surface area contributed by atoms with Gasteiger partial charge in [-0.25, -0.2) is 5.01 Å². The molecule has 2 aliphatic heterocycles. The average Bonchev–Trinajstić information content (AvgIpc) is 3.59. The summed E-state index contributed by atoms with van der Waals surface area (Å²) in [6.45, 7) is 2.52. The van der Waals surface area contributed by atoms with Gasteiger partial charge in [-0.3, -0.25) is 9.69 Å². The number of carbonyl (C=O) groups excluding carboxylic acids is 1. The van der Waals surface area contributed by atoms with E-state index in [-0.39, 0.29) is 24.6 Å². The lowest BCUT2D eigenvalue weighted by Gasteiger charge is -2.27. The highest BCUT2D eigenvalue weighted by Crippen LogP contribution is 2.33. The Bertz CT molecular complexity index is 992. The van der Waals surface area contributed by atoms with Gasteiger partial charge in [0.15, 0.2) is 0 Å². The van der Waals surface area contributed by atoms with Crippen LogP contribution in [-0.2, 0) is 16.1 Å². The van der Waals surface area contributed by atoms with Crippen LogP contribution in [0.3, 0.4) is 0 Å². The fourth-order valence-corrected chi connectivity index (χ4v) is 4.93. The number of carbonyl (C=O) groups is 1. The molecule has 2 aliphatic rings. The van der Waals surface area contributed by atoms with Crippen LogP contribution in [0.1, 0.15) is 41.7 Å². The summed E-state index contributed by atoms with van der Waals surface area (Å²) in [6, 6.07) is 11.3. The van der Waals surface area contributed by atoms with Crippen molar-refractivity contribution >= 4 is 23.0 Å². The molecule has 0 radical (unpaired) electrons. The van der Waals surface area contributed by atoms with E-state index in [1.165, 1.54) is 4.88 Å². The molecule has 0 aliphatic carbocycles. The van der Waals surface area contributed by atoms with Gasteiger partial charge in [-0.2, -0.15) is 5.10 Å². The number of rotatable bonds is 8. The number of hydrazone groups is 1. The molecule has 1 saturated heterocycles. The Kier molecular flexibility index (Phi) is 6.01. The van der Waals surface area contributed by atoms with Gasteiger partial charge in [0, 0.05) is 31.0 Å². The highest BCUT2D eigenvalue weighted by molar-refractivity contribution is 7.09. The number of amides is 1. The van der Waals surface area contributed by atoms with E-state index >= 15 is 0 Å². The first-order chi connectivity index (χ1) is 15.3. The minimum absolute atomic E-state index is 0.0579. The van der Waals surface area contributed by atoms with E-state index in [1.807, 2.05) is 30.3 Å². The molecule has 1 amide bonds. The first-order valence-electron chi connectivity index (χ1n) is 10.6. The summed E-state index contributed by atoms with van der Waals surface area (Å²) in [6.07, 6.45) is 6.10. The third kappa shape index (κ3) is 4.66. The summed E-state index contributed by atoms with van der Waals surface area (Å²) in [7, 11) is 0. The van der Waals surface area contributed by atoms with Gasteiger partial charge in [0.1, 0.15) is 23.3 Å². The number of ether oxygens (including phenoxy) is 1. The standard InChI is InChI=1S/C23H25N3O4S/c27-23(16-25(14-17-5-1-9-28-17)15-18-6-4-12-31-18)26-20(22-8-3-11-30-22)13-19(24-26)21-7-2-10-29-21/h2-4,6-8,10-12,17,20H,1,5,9,13-16H2/t17-,20+/m1/s1. The number of nitrogens with zero attached hydrogens (tertiary/aromatic N) is 3. The summed E-state index contributed by atoms with van der Waals surface area (Å²) in [5.74, 6) is 1.35. The molecule has 0 N–H and O–H groups in total. The zero-order valence-corrected chi connectivity index (χ0v) is 18.0. The van der Waals surface area contributed by atoms with Gasteiger partial charge in [-0.05, 0) is 48.6 Å². The van der Waals surface area contributed by atoms with Crippen molar-refractivity contribution in [3.8, 4) is 0 Å². The summed E-state index contributed by atoms with van der Waals surface area (Å²) >= 11 is 1.70. The van der Waals surface area contributed by atoms with Crippen LogP contribution < -0.4 is 0 Å². The Hall–Kier alpha value is -2.68. The Labute approximate surface area is 184 Å². The van der Waals surface area contributed by atoms with Crippen LogP contribution in [-0.4, -0.2) is 47.3 Å². The van der Waals surface area contributed by atoms with E-state index in [0.29, 0.717) is 12.2 Å². The van der Waals surface area contributed by atoms with Gasteiger partial charge >= 0.3 is 0 Å². The van der Waals surface area contributed by atoms with Gasteiger partial charge in [0.25, 0.3) is 5.91 Å². The highest BCUT2D eigenvalue weighted by Gasteiger charge is 2.36. The number of hydrogen-bond donors (Lipinski definition) is 0. The average molecular weight is 440 g/mol. The van der Waals surface area contributed by atoms with Crippen molar-refractivity contribution in [1.29, 1.82) is 0 Å². The van der Waals surface area contributed by atoms with Crippen molar-refractivity contribution in [2.75, 3.05) is 19.7 Å². The highest BCUT2D eigenvalue weighted by atomic mass is 32.1. The van der Waals surface area contributed by atoms with Gasteiger partial charge < -0.3 is 13.6 Å². The van der Waals surface area contributed by atoms with Crippen LogP contribution in [0, 0.1) is 0 Å². The van der Waals surface area contributed by atoms with E-state index in [0.717, 1.165) is 44.0 Å². The third-order valence-electron chi connectivity index (χ3n) is 5.65. The van der Waals surface area contributed by atoms with Crippen LogP contribution in [0.25, 0.3) is 0 Å². The van der Waals surface area contributed by atoms with Crippen LogP contribution in [0.15, 0.2) is 68.2 Å². The molecule has 0 aromatic carbocycles. The lowest BCUT2D eigenvalue weighted by atomic mass is 10.1. The molecule has 0 bridgehead atoms. The number of thiophene rings is 1. The molecule has 8 heteroatoms. The molecule has 2 atom stereocenters. The molecule has 0 unspecified atom stereocenters. The predicted octanol–water partition coefficient (Wildman–Crippen LogP) is 4.29. The summed E-state index contributed by atoms with van der Waals surface area (Å²) in [4.78, 5) is 16.8. The number of furan rings is 2. The van der Waals surface area contributed by atoms with Crippen molar-refractivity contribution < 1.29 is 18.4 Å². The maximum atomic E-state index is 13.4. The van der Waals surface area contributed by atoms with E-state index < -0.39 is 0 Å². The molecule has 31 heavy (non-hydrogen) atoms. The minimum Gasteiger partial charge on any atom is -0.467 e. The second-order valence-corrected chi connectivity index (χ2v) is 8.91. The minimum atomic E-state index is -0.270. The van der Waals surface area contributed by atoms with Gasteiger partial charge in [-0.1, -0.05) is 6.07 Å². The molecular weight excluding hydrogens is 414 g/mol. The molecule has 7 nitrogen and oxygen atoms in total. The fraction of sp³-hybridized carbons (Fsp3) is 0.391. The van der Waals surface area contributed by atoms with Crippen molar-refractivity contribution in [2.45, 2.75) is 38.0 Å². The predicted molar refractivity (Wildman–Crippen MR) is 117 cm³/mol. The van der Waals surface area contributed by atoms with Crippen LogP contribution in [0.2, 0.25) is 0 Å². The van der Waals surface area contributed by atoms with Crippen molar-refractivity contribution in [3.05, 3.63) is 70.7 Å². The maximum Gasteiger partial charge on any atom is 0.257 e. The normalized spacial score (nSPS) is 21.2. The second kappa shape index (κ2) is 9.21. The zero-order valence-electron chi connectivity index (χ0n) is 17.2. The molecule has 0 saturated carbocycles. The van der Waals surface area contributed by atoms with Crippen molar-refractivity contribution in [3.63, 3.8) is 0 Å². The monoisotopic (exact) mass is 439 g/mol. The smallest absolute Gasteiger partial charge is 0.257 e. The first-order valence-corrected chi connectivity index (χ1v) is 11.5. The lowest BCUT2D eigenvalue weighted by Crippen LogP contribution is -2.40. The molecule has 1 fully saturated rings. The molecule has 5 heterocycles. The SMILES string of the molecule is O=C(CN(Cc1cccs1)C[C@H]1CCCO1)N1N=C(c2ccco2)C[C@H]1c1ccco1. The van der Waals surface area contributed by atoms with Crippen molar-refractivity contribution in [1.82, 2.24) is 9.91 Å². The van der Waals surface area contributed by atoms with E-state index in [2.05, 4.69) is 21.4 Å². The van der Waals surface area contributed by atoms with Gasteiger partial charge in [0.2, 0.25) is 0 Å². The summed E-state index contributed by atoms with van der Waals surface area (Å²) < 4.78 is 17.0. The van der Waals surface area contributed by atoms with Gasteiger partial charge in [0.05, 0.1) is 25.2 Å². The topological polar surface area (TPSA) is 71.4 Å². The summed E-state index contributed by atoms with van der Waals surface area (Å²) in [5, 5.41) is 8.27. The number of hydrogen-bond acceptors (Lipinski definition) is 7. The van der Waals surface area contributed by atoms with E-state index in [9.17, 15) is 4.79 Å². The van der Waals surface area contributed by atoms with Crippen molar-refractivity contribution in [2.24, 2.45) is 5.10 Å². The molecule has 162 valence electrons. The third-order valence-corrected chi connectivity index (χ3v) is 6.51. The second-order valence-electron chi connectivity index (χ2n) is 7.88. The van der Waals surface area contributed by atoms with Crippen LogP contribution in [0.5, 0.6) is 0 Å². The maximum absolute atomic E-state index is 13.4. The summed E-state index contributed by atoms with van der Waals surface area (Å²) in [5.41, 5.74) is 0.753. The Morgan fingerprint density at radius 3 is 2.81 bits per heavy atom. The van der Waals surface area contributed by atoms with Crippen LogP contribution in [0.4, 0.5) is 0 Å². The quantitative estimate of drug-likeness (QED) is 0.524. The molecular formula is C23H25N3O4S. The zero-order chi connectivity index (χ0) is 21.0. The Morgan fingerprint density at radius 1 is 1.19 bits per heavy atom. The van der Waals surface area contributed by atoms with Gasteiger partial charge in [-0.15, -0.1) is 11.3 Å². The van der Waals surface area contributed by atoms with E-state index in [4.69, 9.17) is 13.6 Å². The Morgan fingerprint density at radius 2 is 2.10 bits per heavy atom. The fourth-order valence-electron chi connectivity index (χ4n) is 4.18. The molecule has 0 spiro atoms. The first kappa shape index (κ1) is 20.2. The lowest BCUT2D eigenvalue weighted by molar-refractivity contribution is -0.135. The largest absolute Gasteiger partial charge is 0.467 e. The molecule has 3 aromatic heterocycles. The molecule has 5 rings (SSSR count). The molecule has 3 aromatic rings. The van der Waals surface area contributed by atoms with Crippen LogP contribution >= 0.6 is 11.3 Å².